The number of aryl methyl sites for hydroxylation is 2. The lowest BCUT2D eigenvalue weighted by molar-refractivity contribution is -0.124. The highest BCUT2D eigenvalue weighted by Crippen LogP contribution is 2.37. The third kappa shape index (κ3) is 5.46. The van der Waals surface area contributed by atoms with Crippen molar-refractivity contribution in [2.45, 2.75) is 65.0 Å². The molecule has 2 saturated carbocycles. The van der Waals surface area contributed by atoms with Gasteiger partial charge in [-0.2, -0.15) is 0 Å². The van der Waals surface area contributed by atoms with Crippen molar-refractivity contribution in [3.05, 3.63) is 41.3 Å². The van der Waals surface area contributed by atoms with E-state index in [9.17, 15) is 9.59 Å². The second kappa shape index (κ2) is 10.5. The summed E-state index contributed by atoms with van der Waals surface area (Å²) in [6, 6.07) is 6.09. The normalized spacial score (nSPS) is 21.6. The van der Waals surface area contributed by atoms with Crippen LogP contribution in [0.15, 0.2) is 24.5 Å². The SMILES string of the molecule is Cc1ccc(OCC2CC2)c(-c2ncnc3c(C(=O)N[C@H]4CC[C@@H](NC(=O)CO)C[C@H]4C)c(C)[nH]c23)c1. The zero-order valence-corrected chi connectivity index (χ0v) is 21.6. The lowest BCUT2D eigenvalue weighted by Crippen LogP contribution is -2.48. The molecule has 9 nitrogen and oxygen atoms in total. The molecule has 2 aliphatic rings. The number of nitrogens with one attached hydrogen (secondary N) is 3. The summed E-state index contributed by atoms with van der Waals surface area (Å²) in [4.78, 5) is 37.5. The van der Waals surface area contributed by atoms with E-state index < -0.39 is 6.61 Å². The molecule has 2 aromatic heterocycles. The van der Waals surface area contributed by atoms with E-state index in [-0.39, 0.29) is 29.8 Å². The molecule has 2 heterocycles. The van der Waals surface area contributed by atoms with Crippen LogP contribution in [-0.4, -0.2) is 57.2 Å². The molecule has 2 aliphatic carbocycles. The molecule has 0 unspecified atom stereocenters. The van der Waals surface area contributed by atoms with Gasteiger partial charge in [0.1, 0.15) is 29.9 Å². The highest BCUT2D eigenvalue weighted by Gasteiger charge is 2.31. The first-order chi connectivity index (χ1) is 17.8. The first kappa shape index (κ1) is 25.2. The molecule has 9 heteroatoms. The highest BCUT2D eigenvalue weighted by atomic mass is 16.5. The molecule has 2 amide bonds. The van der Waals surface area contributed by atoms with Crippen molar-refractivity contribution < 1.29 is 19.4 Å². The Balaban J connectivity index is 1.39. The topological polar surface area (TPSA) is 129 Å². The minimum absolute atomic E-state index is 0.0126. The predicted octanol–water partition coefficient (Wildman–Crippen LogP) is 3.43. The van der Waals surface area contributed by atoms with Gasteiger partial charge in [-0.15, -0.1) is 0 Å². The van der Waals surface area contributed by atoms with Gasteiger partial charge < -0.3 is 25.5 Å². The summed E-state index contributed by atoms with van der Waals surface area (Å²) in [5.41, 5.74) is 5.27. The van der Waals surface area contributed by atoms with Crippen LogP contribution in [0, 0.1) is 25.7 Å². The zero-order valence-electron chi connectivity index (χ0n) is 21.6. The monoisotopic (exact) mass is 505 g/mol. The summed E-state index contributed by atoms with van der Waals surface area (Å²) in [5.74, 6) is 1.06. The molecule has 196 valence electrons. The number of aliphatic hydroxyl groups is 1. The number of aliphatic hydroxyl groups excluding tert-OH is 1. The first-order valence-electron chi connectivity index (χ1n) is 13.1. The molecule has 0 radical (unpaired) electrons. The van der Waals surface area contributed by atoms with Crippen molar-refractivity contribution in [3.8, 4) is 17.0 Å². The van der Waals surface area contributed by atoms with Crippen LogP contribution in [0.1, 0.15) is 60.6 Å². The molecule has 0 bridgehead atoms. The summed E-state index contributed by atoms with van der Waals surface area (Å²) < 4.78 is 6.16. The second-order valence-corrected chi connectivity index (χ2v) is 10.6. The van der Waals surface area contributed by atoms with Gasteiger partial charge in [0.2, 0.25) is 5.91 Å². The van der Waals surface area contributed by atoms with Crippen molar-refractivity contribution in [2.75, 3.05) is 13.2 Å². The van der Waals surface area contributed by atoms with Crippen LogP contribution in [0.2, 0.25) is 0 Å². The number of amides is 2. The lowest BCUT2D eigenvalue weighted by atomic mass is 9.82. The summed E-state index contributed by atoms with van der Waals surface area (Å²) in [6.07, 6.45) is 6.17. The molecule has 3 aromatic rings. The van der Waals surface area contributed by atoms with Gasteiger partial charge in [0.05, 0.1) is 17.7 Å². The van der Waals surface area contributed by atoms with Gasteiger partial charge in [-0.05, 0) is 69.9 Å². The lowest BCUT2D eigenvalue weighted by Gasteiger charge is -2.35. The Morgan fingerprint density at radius 1 is 1.14 bits per heavy atom. The Morgan fingerprint density at radius 2 is 1.95 bits per heavy atom. The van der Waals surface area contributed by atoms with E-state index in [1.807, 2.05) is 26.0 Å². The number of fused-ring (bicyclic) bond motifs is 1. The van der Waals surface area contributed by atoms with Gasteiger partial charge in [0.15, 0.2) is 0 Å². The van der Waals surface area contributed by atoms with Crippen LogP contribution in [-0.2, 0) is 4.79 Å². The van der Waals surface area contributed by atoms with Gasteiger partial charge in [-0.1, -0.05) is 18.6 Å². The van der Waals surface area contributed by atoms with Crippen LogP contribution >= 0.6 is 0 Å². The standard InChI is InChI=1S/C28H35N5O4/c1-15-4-9-22(37-13-18-5-6-18)20(10-15)25-27-26(30-14-29-25)24(17(3)31-27)28(36)33-21-8-7-19(11-16(21)2)32-23(35)12-34/h4,9-10,14,16,18-19,21,31,34H,5-8,11-13H2,1-3H3,(H,32,35)(H,33,36)/t16-,19-,21+/m1/s1. The molecule has 3 atom stereocenters. The van der Waals surface area contributed by atoms with Gasteiger partial charge in [-0.25, -0.2) is 9.97 Å². The molecule has 37 heavy (non-hydrogen) atoms. The maximum absolute atomic E-state index is 13.5. The number of benzene rings is 1. The maximum Gasteiger partial charge on any atom is 0.255 e. The molecular weight excluding hydrogens is 470 g/mol. The Kier molecular flexibility index (Phi) is 7.15. The van der Waals surface area contributed by atoms with E-state index in [2.05, 4.69) is 38.6 Å². The Hall–Kier alpha value is -3.46. The van der Waals surface area contributed by atoms with Crippen molar-refractivity contribution in [2.24, 2.45) is 11.8 Å². The average Bonchev–Trinajstić information content (AvgIpc) is 3.64. The molecule has 1 aromatic carbocycles. The number of nitrogens with zero attached hydrogens (tertiary/aromatic N) is 2. The van der Waals surface area contributed by atoms with Crippen molar-refractivity contribution in [1.82, 2.24) is 25.6 Å². The summed E-state index contributed by atoms with van der Waals surface area (Å²) in [5, 5.41) is 15.1. The Labute approximate surface area is 216 Å². The zero-order chi connectivity index (χ0) is 26.1. The van der Waals surface area contributed by atoms with Gasteiger partial charge in [-0.3, -0.25) is 9.59 Å². The Bertz CT molecular complexity index is 1320. The third-order valence-electron chi connectivity index (χ3n) is 7.55. The number of carbonyl (C=O) groups is 2. The molecule has 4 N–H and O–H groups in total. The maximum atomic E-state index is 13.5. The third-order valence-corrected chi connectivity index (χ3v) is 7.55. The molecule has 5 rings (SSSR count). The number of aromatic amines is 1. The van der Waals surface area contributed by atoms with Crippen molar-refractivity contribution in [1.29, 1.82) is 0 Å². The fourth-order valence-corrected chi connectivity index (χ4v) is 5.31. The van der Waals surface area contributed by atoms with Crippen molar-refractivity contribution in [3.63, 3.8) is 0 Å². The largest absolute Gasteiger partial charge is 0.493 e. The smallest absolute Gasteiger partial charge is 0.255 e. The number of rotatable bonds is 8. The predicted molar refractivity (Wildman–Crippen MR) is 140 cm³/mol. The van der Waals surface area contributed by atoms with Gasteiger partial charge >= 0.3 is 0 Å². The molecular formula is C28H35N5O4. The number of aromatic nitrogens is 3. The van der Waals surface area contributed by atoms with E-state index >= 15 is 0 Å². The number of H-pyrrole nitrogens is 1. The van der Waals surface area contributed by atoms with Crippen LogP contribution in [0.3, 0.4) is 0 Å². The van der Waals surface area contributed by atoms with Crippen LogP contribution in [0.5, 0.6) is 5.75 Å². The number of carbonyl (C=O) groups excluding carboxylic acids is 2. The number of hydrogen-bond acceptors (Lipinski definition) is 6. The summed E-state index contributed by atoms with van der Waals surface area (Å²) in [6.45, 7) is 6.19. The first-order valence-corrected chi connectivity index (χ1v) is 13.1. The van der Waals surface area contributed by atoms with E-state index in [0.29, 0.717) is 23.6 Å². The van der Waals surface area contributed by atoms with Gasteiger partial charge in [0.25, 0.3) is 5.91 Å². The minimum atomic E-state index is -0.509. The second-order valence-electron chi connectivity index (χ2n) is 10.6. The molecule has 0 saturated heterocycles. The summed E-state index contributed by atoms with van der Waals surface area (Å²) >= 11 is 0. The van der Waals surface area contributed by atoms with E-state index in [1.54, 1.807) is 0 Å². The fraction of sp³-hybridized carbons (Fsp3) is 0.500. The van der Waals surface area contributed by atoms with E-state index in [1.165, 1.54) is 19.2 Å². The van der Waals surface area contributed by atoms with Crippen molar-refractivity contribution >= 4 is 22.8 Å². The van der Waals surface area contributed by atoms with E-state index in [0.717, 1.165) is 53.0 Å². The molecule has 2 fully saturated rings. The minimum Gasteiger partial charge on any atom is -0.493 e. The average molecular weight is 506 g/mol. The highest BCUT2D eigenvalue weighted by molar-refractivity contribution is 6.09. The Morgan fingerprint density at radius 3 is 2.68 bits per heavy atom. The summed E-state index contributed by atoms with van der Waals surface area (Å²) in [7, 11) is 0. The quantitative estimate of drug-likeness (QED) is 0.371. The van der Waals surface area contributed by atoms with E-state index in [4.69, 9.17) is 9.84 Å². The number of hydrogen-bond donors (Lipinski definition) is 4. The fourth-order valence-electron chi connectivity index (χ4n) is 5.31. The van der Waals surface area contributed by atoms with Crippen LogP contribution in [0.4, 0.5) is 0 Å². The number of ether oxygens (including phenoxy) is 1. The molecule has 0 spiro atoms. The van der Waals surface area contributed by atoms with Crippen LogP contribution in [0.25, 0.3) is 22.3 Å². The van der Waals surface area contributed by atoms with Gasteiger partial charge in [0, 0.05) is 23.3 Å². The van der Waals surface area contributed by atoms with Crippen LogP contribution < -0.4 is 15.4 Å². The molecule has 0 aliphatic heterocycles.